The molecule has 17 heavy (non-hydrogen) atoms. The van der Waals surface area contributed by atoms with Crippen LogP contribution in [0.25, 0.3) is 0 Å². The van der Waals surface area contributed by atoms with E-state index < -0.39 is 0 Å². The minimum absolute atomic E-state index is 0.528. The second kappa shape index (κ2) is 9.86. The molecule has 1 saturated carbocycles. The lowest BCUT2D eigenvalue weighted by molar-refractivity contribution is 0.0540. The molecule has 3 heteroatoms. The van der Waals surface area contributed by atoms with Crippen molar-refractivity contribution in [1.29, 1.82) is 0 Å². The molecule has 1 aliphatic carbocycles. The van der Waals surface area contributed by atoms with Gasteiger partial charge in [-0.25, -0.2) is 0 Å². The normalized spacial score (nSPS) is 19.4. The van der Waals surface area contributed by atoms with Crippen LogP contribution in [-0.4, -0.2) is 39.5 Å². The Morgan fingerprint density at radius 3 is 2.59 bits per heavy atom. The van der Waals surface area contributed by atoms with Gasteiger partial charge in [-0.05, 0) is 18.9 Å². The van der Waals surface area contributed by atoms with Crippen molar-refractivity contribution >= 4 is 0 Å². The zero-order chi connectivity index (χ0) is 12.3. The van der Waals surface area contributed by atoms with Crippen molar-refractivity contribution in [2.45, 2.75) is 51.5 Å². The topological polar surface area (TPSA) is 30.5 Å². The summed E-state index contributed by atoms with van der Waals surface area (Å²) < 4.78 is 10.6. The van der Waals surface area contributed by atoms with Crippen molar-refractivity contribution in [3.8, 4) is 0 Å². The van der Waals surface area contributed by atoms with Gasteiger partial charge in [-0.15, -0.1) is 0 Å². The van der Waals surface area contributed by atoms with Gasteiger partial charge in [0.05, 0.1) is 19.8 Å². The first-order valence-electron chi connectivity index (χ1n) is 7.16. The minimum atomic E-state index is 0.528. The molecule has 1 aliphatic rings. The number of rotatable bonds is 9. The third-order valence-electron chi connectivity index (χ3n) is 3.59. The number of methoxy groups -OCH3 is 1. The fourth-order valence-corrected chi connectivity index (χ4v) is 2.69. The molecule has 0 aliphatic heterocycles. The highest BCUT2D eigenvalue weighted by atomic mass is 16.5. The van der Waals surface area contributed by atoms with Crippen LogP contribution in [0.4, 0.5) is 0 Å². The van der Waals surface area contributed by atoms with Crippen LogP contribution < -0.4 is 5.32 Å². The third-order valence-corrected chi connectivity index (χ3v) is 3.59. The monoisotopic (exact) mass is 243 g/mol. The lowest BCUT2D eigenvalue weighted by Gasteiger charge is -2.27. The molecule has 0 aromatic rings. The van der Waals surface area contributed by atoms with Crippen molar-refractivity contribution in [2.75, 3.05) is 33.5 Å². The van der Waals surface area contributed by atoms with Crippen molar-refractivity contribution in [2.24, 2.45) is 5.92 Å². The number of hydrogen-bond donors (Lipinski definition) is 1. The summed E-state index contributed by atoms with van der Waals surface area (Å²) in [4.78, 5) is 0. The Labute approximate surface area is 106 Å². The fraction of sp³-hybridized carbons (Fsp3) is 1.00. The van der Waals surface area contributed by atoms with Crippen molar-refractivity contribution in [3.05, 3.63) is 0 Å². The summed E-state index contributed by atoms with van der Waals surface area (Å²) in [6, 6.07) is 0.528. The van der Waals surface area contributed by atoms with Gasteiger partial charge in [0.15, 0.2) is 0 Å². The quantitative estimate of drug-likeness (QED) is 0.631. The van der Waals surface area contributed by atoms with Crippen molar-refractivity contribution < 1.29 is 9.47 Å². The average molecular weight is 243 g/mol. The van der Waals surface area contributed by atoms with Crippen LogP contribution in [0.15, 0.2) is 0 Å². The standard InChI is InChI=1S/C14H29NO2/c1-3-15-14(12-17-10-9-16-2)11-13-7-5-4-6-8-13/h13-15H,3-12H2,1-2H3. The van der Waals surface area contributed by atoms with E-state index in [1.807, 2.05) is 0 Å². The molecular formula is C14H29NO2. The van der Waals surface area contributed by atoms with E-state index in [1.54, 1.807) is 7.11 Å². The molecule has 0 aromatic carbocycles. The Morgan fingerprint density at radius 1 is 1.18 bits per heavy atom. The van der Waals surface area contributed by atoms with Gasteiger partial charge >= 0.3 is 0 Å². The first-order chi connectivity index (χ1) is 8.36. The third kappa shape index (κ3) is 7.02. The van der Waals surface area contributed by atoms with Gasteiger partial charge in [-0.1, -0.05) is 39.0 Å². The van der Waals surface area contributed by atoms with E-state index >= 15 is 0 Å². The summed E-state index contributed by atoms with van der Waals surface area (Å²) >= 11 is 0. The van der Waals surface area contributed by atoms with Crippen LogP contribution >= 0.6 is 0 Å². The predicted molar refractivity (Wildman–Crippen MR) is 71.4 cm³/mol. The molecule has 0 saturated heterocycles. The maximum Gasteiger partial charge on any atom is 0.0701 e. The molecule has 0 radical (unpaired) electrons. The summed E-state index contributed by atoms with van der Waals surface area (Å²) in [6.45, 7) is 5.44. The molecule has 0 amide bonds. The second-order valence-electron chi connectivity index (χ2n) is 5.06. The first-order valence-corrected chi connectivity index (χ1v) is 7.16. The van der Waals surface area contributed by atoms with Gasteiger partial charge in [0.1, 0.15) is 0 Å². The SMILES string of the molecule is CCNC(COCCOC)CC1CCCCC1. The lowest BCUT2D eigenvalue weighted by atomic mass is 9.85. The Kier molecular flexibility index (Phi) is 8.67. The molecule has 0 heterocycles. The molecule has 1 unspecified atom stereocenters. The summed E-state index contributed by atoms with van der Waals surface area (Å²) in [5.74, 6) is 0.916. The molecule has 102 valence electrons. The van der Waals surface area contributed by atoms with Gasteiger partial charge in [0.2, 0.25) is 0 Å². The highest BCUT2D eigenvalue weighted by Crippen LogP contribution is 2.27. The van der Waals surface area contributed by atoms with E-state index in [4.69, 9.17) is 9.47 Å². The fourth-order valence-electron chi connectivity index (χ4n) is 2.69. The zero-order valence-corrected chi connectivity index (χ0v) is 11.5. The van der Waals surface area contributed by atoms with Crippen LogP contribution in [0.1, 0.15) is 45.4 Å². The lowest BCUT2D eigenvalue weighted by Crippen LogP contribution is -2.36. The Bertz CT molecular complexity index is 170. The van der Waals surface area contributed by atoms with E-state index in [0.29, 0.717) is 19.3 Å². The Balaban J connectivity index is 2.16. The highest BCUT2D eigenvalue weighted by molar-refractivity contribution is 4.74. The Hall–Kier alpha value is -0.120. The van der Waals surface area contributed by atoms with Crippen molar-refractivity contribution in [3.63, 3.8) is 0 Å². The number of likely N-dealkylation sites (N-methyl/N-ethyl adjacent to an activating group) is 1. The molecule has 0 aromatic heterocycles. The smallest absolute Gasteiger partial charge is 0.0701 e. The van der Waals surface area contributed by atoms with Gasteiger partial charge < -0.3 is 14.8 Å². The largest absolute Gasteiger partial charge is 0.382 e. The summed E-state index contributed by atoms with van der Waals surface area (Å²) in [5.41, 5.74) is 0. The Morgan fingerprint density at radius 2 is 1.94 bits per heavy atom. The van der Waals surface area contributed by atoms with Crippen molar-refractivity contribution in [1.82, 2.24) is 5.32 Å². The summed E-state index contributed by atoms with van der Waals surface area (Å²) in [6.07, 6.45) is 8.40. The molecule has 1 fully saturated rings. The number of hydrogen-bond acceptors (Lipinski definition) is 3. The van der Waals surface area contributed by atoms with E-state index in [9.17, 15) is 0 Å². The maximum atomic E-state index is 5.64. The molecule has 1 atom stereocenters. The molecule has 0 spiro atoms. The van der Waals surface area contributed by atoms with Gasteiger partial charge in [-0.2, -0.15) is 0 Å². The molecular weight excluding hydrogens is 214 g/mol. The second-order valence-corrected chi connectivity index (χ2v) is 5.06. The molecule has 1 N–H and O–H groups in total. The van der Waals surface area contributed by atoms with Gasteiger partial charge in [0, 0.05) is 13.2 Å². The highest BCUT2D eigenvalue weighted by Gasteiger charge is 2.18. The first kappa shape index (κ1) is 14.9. The van der Waals surface area contributed by atoms with Gasteiger partial charge in [-0.3, -0.25) is 0 Å². The van der Waals surface area contributed by atoms with E-state index in [1.165, 1.54) is 38.5 Å². The average Bonchev–Trinajstić information content (AvgIpc) is 2.36. The van der Waals surface area contributed by atoms with E-state index in [2.05, 4.69) is 12.2 Å². The number of ether oxygens (including phenoxy) is 2. The summed E-state index contributed by atoms with van der Waals surface area (Å²) in [7, 11) is 1.72. The predicted octanol–water partition coefficient (Wildman–Crippen LogP) is 2.60. The maximum absolute atomic E-state index is 5.64. The van der Waals surface area contributed by atoms with Crippen LogP contribution in [0.5, 0.6) is 0 Å². The molecule has 0 bridgehead atoms. The van der Waals surface area contributed by atoms with E-state index in [0.717, 1.165) is 19.1 Å². The molecule has 1 rings (SSSR count). The molecule has 3 nitrogen and oxygen atoms in total. The number of nitrogens with one attached hydrogen (secondary N) is 1. The minimum Gasteiger partial charge on any atom is -0.382 e. The van der Waals surface area contributed by atoms with Crippen LogP contribution in [0, 0.1) is 5.92 Å². The van der Waals surface area contributed by atoms with E-state index in [-0.39, 0.29) is 0 Å². The van der Waals surface area contributed by atoms with Gasteiger partial charge in [0.25, 0.3) is 0 Å². The van der Waals surface area contributed by atoms with Crippen LogP contribution in [0.3, 0.4) is 0 Å². The van der Waals surface area contributed by atoms with Crippen LogP contribution in [-0.2, 0) is 9.47 Å². The van der Waals surface area contributed by atoms with Crippen LogP contribution in [0.2, 0.25) is 0 Å². The summed E-state index contributed by atoms with van der Waals surface area (Å²) in [5, 5.41) is 3.54. The zero-order valence-electron chi connectivity index (χ0n) is 11.5.